The number of carbonyl (C=O) groups is 1. The third-order valence-corrected chi connectivity index (χ3v) is 4.24. The van der Waals surface area contributed by atoms with Crippen molar-refractivity contribution in [1.29, 1.82) is 0 Å². The molecule has 0 bridgehead atoms. The number of benzene rings is 2. The average molecular weight is 331 g/mol. The quantitative estimate of drug-likeness (QED) is 0.896. The van der Waals surface area contributed by atoms with E-state index in [1.54, 1.807) is 0 Å². The number of carbonyl (C=O) groups excluding carboxylic acids is 1. The Hall–Kier alpha value is -1.84. The van der Waals surface area contributed by atoms with Gasteiger partial charge in [0.05, 0.1) is 6.04 Å². The van der Waals surface area contributed by atoms with E-state index in [9.17, 15) is 4.79 Å². The predicted molar refractivity (Wildman–Crippen MR) is 97.2 cm³/mol. The minimum atomic E-state index is -0.167. The molecular formula is C19H23ClN2O. The van der Waals surface area contributed by atoms with Gasteiger partial charge in [0.2, 0.25) is 5.91 Å². The van der Waals surface area contributed by atoms with Gasteiger partial charge in [-0.15, -0.1) is 12.4 Å². The first-order valence-electron chi connectivity index (χ1n) is 7.84. The molecule has 4 heteroatoms. The van der Waals surface area contributed by atoms with E-state index < -0.39 is 0 Å². The van der Waals surface area contributed by atoms with E-state index in [0.29, 0.717) is 5.92 Å². The minimum Gasteiger partial charge on any atom is -0.325 e. The Morgan fingerprint density at radius 2 is 1.74 bits per heavy atom. The van der Waals surface area contributed by atoms with Crippen molar-refractivity contribution in [3.05, 3.63) is 65.2 Å². The normalized spacial score (nSPS) is 16.4. The molecule has 2 N–H and O–H groups in total. The van der Waals surface area contributed by atoms with Crippen LogP contribution in [-0.2, 0) is 17.8 Å². The highest BCUT2D eigenvalue weighted by molar-refractivity contribution is 5.95. The lowest BCUT2D eigenvalue weighted by Gasteiger charge is -2.25. The Morgan fingerprint density at radius 3 is 2.39 bits per heavy atom. The lowest BCUT2D eigenvalue weighted by Crippen LogP contribution is -2.44. The van der Waals surface area contributed by atoms with Gasteiger partial charge in [-0.2, -0.15) is 0 Å². The van der Waals surface area contributed by atoms with E-state index in [0.717, 1.165) is 18.7 Å². The monoisotopic (exact) mass is 330 g/mol. The largest absolute Gasteiger partial charge is 0.325 e. The van der Waals surface area contributed by atoms with Gasteiger partial charge < -0.3 is 10.6 Å². The number of hydrogen-bond acceptors (Lipinski definition) is 2. The molecule has 3 rings (SSSR count). The molecule has 0 fully saturated rings. The van der Waals surface area contributed by atoms with Gasteiger partial charge in [-0.3, -0.25) is 4.79 Å². The van der Waals surface area contributed by atoms with Crippen molar-refractivity contribution in [1.82, 2.24) is 5.32 Å². The Balaban J connectivity index is 0.00000192. The van der Waals surface area contributed by atoms with Crippen molar-refractivity contribution in [3.8, 4) is 0 Å². The number of fused-ring (bicyclic) bond motifs is 1. The van der Waals surface area contributed by atoms with Crippen molar-refractivity contribution in [3.63, 3.8) is 0 Å². The maximum atomic E-state index is 12.4. The van der Waals surface area contributed by atoms with Crippen LogP contribution in [0.25, 0.3) is 0 Å². The summed E-state index contributed by atoms with van der Waals surface area (Å²) in [5.74, 6) is 0.535. The lowest BCUT2D eigenvalue weighted by atomic mass is 9.95. The number of hydrogen-bond donors (Lipinski definition) is 2. The fraction of sp³-hybridized carbons (Fsp3) is 0.316. The second kappa shape index (κ2) is 7.62. The van der Waals surface area contributed by atoms with Crippen LogP contribution in [0.3, 0.4) is 0 Å². The number of halogens is 1. The summed E-state index contributed by atoms with van der Waals surface area (Å²) in [4.78, 5) is 12.4. The van der Waals surface area contributed by atoms with Gasteiger partial charge in [-0.25, -0.2) is 0 Å². The molecule has 0 unspecified atom stereocenters. The summed E-state index contributed by atoms with van der Waals surface area (Å²) < 4.78 is 0. The van der Waals surface area contributed by atoms with E-state index in [4.69, 9.17) is 0 Å². The average Bonchev–Trinajstić information content (AvgIpc) is 2.55. The van der Waals surface area contributed by atoms with Crippen molar-refractivity contribution in [2.24, 2.45) is 0 Å². The van der Waals surface area contributed by atoms with Crippen molar-refractivity contribution >= 4 is 24.0 Å². The SMILES string of the molecule is CC(C)c1ccc(NC(=O)[C@@H]2Cc3ccccc3CN2)cc1.Cl. The first-order valence-corrected chi connectivity index (χ1v) is 7.84. The van der Waals surface area contributed by atoms with Crippen molar-refractivity contribution in [2.75, 3.05) is 5.32 Å². The van der Waals surface area contributed by atoms with Crippen LogP contribution < -0.4 is 10.6 Å². The number of nitrogens with one attached hydrogen (secondary N) is 2. The Bertz CT molecular complexity index is 667. The summed E-state index contributed by atoms with van der Waals surface area (Å²) in [5.41, 5.74) is 4.68. The van der Waals surface area contributed by atoms with Crippen LogP contribution in [0.5, 0.6) is 0 Å². The van der Waals surface area contributed by atoms with E-state index in [1.165, 1.54) is 16.7 Å². The highest BCUT2D eigenvalue weighted by Gasteiger charge is 2.23. The molecule has 1 atom stereocenters. The zero-order chi connectivity index (χ0) is 15.5. The summed E-state index contributed by atoms with van der Waals surface area (Å²) >= 11 is 0. The van der Waals surface area contributed by atoms with Gasteiger partial charge in [0, 0.05) is 12.2 Å². The van der Waals surface area contributed by atoms with E-state index in [1.807, 2.05) is 24.3 Å². The topological polar surface area (TPSA) is 41.1 Å². The van der Waals surface area contributed by atoms with Crippen LogP contribution in [0, 0.1) is 0 Å². The molecule has 1 amide bonds. The Labute approximate surface area is 143 Å². The highest BCUT2D eigenvalue weighted by atomic mass is 35.5. The van der Waals surface area contributed by atoms with Crippen molar-refractivity contribution < 1.29 is 4.79 Å². The molecule has 1 aliphatic rings. The van der Waals surface area contributed by atoms with E-state index in [-0.39, 0.29) is 24.4 Å². The predicted octanol–water partition coefficient (Wildman–Crippen LogP) is 3.88. The van der Waals surface area contributed by atoms with Gasteiger partial charge in [0.15, 0.2) is 0 Å². The Kier molecular flexibility index (Phi) is 5.80. The fourth-order valence-electron chi connectivity index (χ4n) is 2.82. The molecule has 1 heterocycles. The van der Waals surface area contributed by atoms with Gasteiger partial charge in [0.1, 0.15) is 0 Å². The summed E-state index contributed by atoms with van der Waals surface area (Å²) in [6.07, 6.45) is 0.742. The number of amides is 1. The van der Waals surface area contributed by atoms with Gasteiger partial charge in [0.25, 0.3) is 0 Å². The van der Waals surface area contributed by atoms with Crippen LogP contribution in [0.2, 0.25) is 0 Å². The fourth-order valence-corrected chi connectivity index (χ4v) is 2.82. The van der Waals surface area contributed by atoms with Gasteiger partial charge >= 0.3 is 0 Å². The number of anilines is 1. The molecule has 0 aromatic heterocycles. The molecule has 122 valence electrons. The molecule has 2 aromatic rings. The van der Waals surface area contributed by atoms with Gasteiger partial charge in [-0.05, 0) is 41.2 Å². The molecule has 3 nitrogen and oxygen atoms in total. The Morgan fingerprint density at radius 1 is 1.09 bits per heavy atom. The summed E-state index contributed by atoms with van der Waals surface area (Å²) in [7, 11) is 0. The van der Waals surface area contributed by atoms with E-state index in [2.05, 4.69) is 48.7 Å². The highest BCUT2D eigenvalue weighted by Crippen LogP contribution is 2.19. The second-order valence-electron chi connectivity index (χ2n) is 6.17. The van der Waals surface area contributed by atoms with Crippen LogP contribution in [-0.4, -0.2) is 11.9 Å². The molecule has 1 aliphatic heterocycles. The smallest absolute Gasteiger partial charge is 0.241 e. The third-order valence-electron chi connectivity index (χ3n) is 4.24. The molecule has 2 aromatic carbocycles. The van der Waals surface area contributed by atoms with Crippen LogP contribution >= 0.6 is 12.4 Å². The van der Waals surface area contributed by atoms with Crippen molar-refractivity contribution in [2.45, 2.75) is 38.8 Å². The summed E-state index contributed by atoms with van der Waals surface area (Å²) in [5, 5.41) is 6.32. The maximum Gasteiger partial charge on any atom is 0.241 e. The molecule has 0 spiro atoms. The van der Waals surface area contributed by atoms with E-state index >= 15 is 0 Å². The zero-order valence-corrected chi connectivity index (χ0v) is 14.3. The molecule has 23 heavy (non-hydrogen) atoms. The number of rotatable bonds is 3. The zero-order valence-electron chi connectivity index (χ0n) is 13.5. The molecule has 0 radical (unpaired) electrons. The molecule has 0 saturated carbocycles. The standard InChI is InChI=1S/C19H22N2O.ClH/c1-13(2)14-7-9-17(10-8-14)21-19(22)18-11-15-5-3-4-6-16(15)12-20-18;/h3-10,13,18,20H,11-12H2,1-2H3,(H,21,22);1H/t18-;/m0./s1. The molecule has 0 aliphatic carbocycles. The lowest BCUT2D eigenvalue weighted by molar-refractivity contribution is -0.118. The minimum absolute atomic E-state index is 0. The van der Waals surface area contributed by atoms with Crippen LogP contribution in [0.15, 0.2) is 48.5 Å². The first kappa shape index (κ1) is 17.5. The molecular weight excluding hydrogens is 308 g/mol. The van der Waals surface area contributed by atoms with Crippen LogP contribution in [0.4, 0.5) is 5.69 Å². The second-order valence-corrected chi connectivity index (χ2v) is 6.17. The summed E-state index contributed by atoms with van der Waals surface area (Å²) in [6, 6.07) is 16.2. The molecule has 0 saturated heterocycles. The van der Waals surface area contributed by atoms with Crippen LogP contribution in [0.1, 0.15) is 36.5 Å². The summed E-state index contributed by atoms with van der Waals surface area (Å²) in [6.45, 7) is 5.08. The van der Waals surface area contributed by atoms with Gasteiger partial charge in [-0.1, -0.05) is 50.2 Å². The first-order chi connectivity index (χ1) is 10.6. The third kappa shape index (κ3) is 4.12. The maximum absolute atomic E-state index is 12.4.